The Hall–Kier alpha value is -0.996. The number of aliphatic carboxylic acids is 3. The molecule has 3 N–H and O–H groups in total. The van der Waals surface area contributed by atoms with Gasteiger partial charge in [-0.05, 0) is 0 Å². The summed E-state index contributed by atoms with van der Waals surface area (Å²) in [6.45, 7) is 3.36. The SMILES string of the molecule is O=C([O-])CO.O=C([O-])CO.O=C([O-])CO.[CH2-]CCCCCCC.[Ti+4]. The normalized spacial score (nSPS) is 7.88. The van der Waals surface area contributed by atoms with Crippen LogP contribution in [-0.4, -0.2) is 53.0 Å². The Morgan fingerprint density at radius 3 is 1.17 bits per heavy atom. The Labute approximate surface area is 157 Å². The minimum absolute atomic E-state index is 0. The molecule has 0 heterocycles. The number of hydrogen-bond acceptors (Lipinski definition) is 9. The number of carboxylic acids is 3. The van der Waals surface area contributed by atoms with Crippen LogP contribution in [0.15, 0.2) is 0 Å². The van der Waals surface area contributed by atoms with Gasteiger partial charge in [-0.25, -0.2) is 0 Å². The van der Waals surface area contributed by atoms with Crippen LogP contribution >= 0.6 is 0 Å². The Bertz CT molecular complexity index is 234. The summed E-state index contributed by atoms with van der Waals surface area (Å²) in [7, 11) is 0. The van der Waals surface area contributed by atoms with E-state index in [0.717, 1.165) is 6.42 Å². The van der Waals surface area contributed by atoms with Crippen molar-refractivity contribution in [3.8, 4) is 0 Å². The van der Waals surface area contributed by atoms with Crippen LogP contribution in [0.2, 0.25) is 0 Å². The van der Waals surface area contributed by atoms with Gasteiger partial charge in [0.1, 0.15) is 0 Å². The Balaban J connectivity index is -0.0000000677. The number of aliphatic hydroxyl groups excluding tert-OH is 3. The molecule has 0 rings (SSSR count). The van der Waals surface area contributed by atoms with Crippen LogP contribution in [0.5, 0.6) is 0 Å². The summed E-state index contributed by atoms with van der Waals surface area (Å²) in [6.07, 6.45) is 7.98. The Morgan fingerprint density at radius 2 is 1.00 bits per heavy atom. The molecule has 0 aromatic heterocycles. The number of carbonyl (C=O) groups excluding carboxylic acids is 3. The second kappa shape index (κ2) is 33.6. The van der Waals surface area contributed by atoms with Gasteiger partial charge in [0.2, 0.25) is 0 Å². The molecule has 0 fully saturated rings. The van der Waals surface area contributed by atoms with Crippen LogP contribution in [0.25, 0.3) is 0 Å². The quantitative estimate of drug-likeness (QED) is 0.215. The number of carbonyl (C=O) groups is 3. The molecule has 0 aliphatic heterocycles. The molecular formula is C14H26O9Ti. The van der Waals surface area contributed by atoms with Gasteiger partial charge in [0.15, 0.2) is 0 Å². The summed E-state index contributed by atoms with van der Waals surface area (Å²) in [5.41, 5.74) is 0. The standard InChI is InChI=1S/C8H17.3C2H4O3.Ti/c1-3-5-7-8-6-4-2;3*3-1-2(4)5;/h1,3-8H2,2H3;3*3H,1H2,(H,4,5);/q-1;;;;+4/p-3. The van der Waals surface area contributed by atoms with Crippen LogP contribution in [0.1, 0.15) is 45.4 Å². The van der Waals surface area contributed by atoms with E-state index in [1.807, 2.05) is 0 Å². The number of aliphatic hydroxyl groups is 3. The number of carboxylic acid groups (broad SMARTS) is 3. The maximum Gasteiger partial charge on any atom is 4.00 e. The van der Waals surface area contributed by atoms with Crippen LogP contribution in [0.3, 0.4) is 0 Å². The first-order chi connectivity index (χ1) is 10.7. The molecule has 0 aromatic carbocycles. The van der Waals surface area contributed by atoms with Crippen molar-refractivity contribution in [2.45, 2.75) is 45.4 Å². The third-order valence-corrected chi connectivity index (χ3v) is 1.74. The van der Waals surface area contributed by atoms with Gasteiger partial charge in [0.25, 0.3) is 0 Å². The molecule has 0 spiro atoms. The van der Waals surface area contributed by atoms with Gasteiger partial charge in [-0.15, -0.1) is 0 Å². The zero-order valence-electron chi connectivity index (χ0n) is 13.9. The van der Waals surface area contributed by atoms with E-state index < -0.39 is 37.7 Å². The minimum Gasteiger partial charge on any atom is -0.548 e. The first-order valence-corrected chi connectivity index (χ1v) is 6.94. The van der Waals surface area contributed by atoms with Crippen LogP contribution in [0.4, 0.5) is 0 Å². The van der Waals surface area contributed by atoms with Crippen molar-refractivity contribution >= 4 is 17.9 Å². The maximum absolute atomic E-state index is 9.01. The summed E-state index contributed by atoms with van der Waals surface area (Å²) in [5.74, 6) is -4.32. The number of unbranched alkanes of at least 4 members (excludes halogenated alkanes) is 5. The van der Waals surface area contributed by atoms with E-state index in [9.17, 15) is 0 Å². The van der Waals surface area contributed by atoms with Crippen molar-refractivity contribution in [1.29, 1.82) is 0 Å². The van der Waals surface area contributed by atoms with Gasteiger partial charge in [-0.1, -0.05) is 39.0 Å². The van der Waals surface area contributed by atoms with E-state index in [4.69, 9.17) is 45.0 Å². The molecule has 24 heavy (non-hydrogen) atoms. The van der Waals surface area contributed by atoms with Crippen LogP contribution in [0, 0.1) is 6.92 Å². The van der Waals surface area contributed by atoms with Gasteiger partial charge >= 0.3 is 21.7 Å². The summed E-state index contributed by atoms with van der Waals surface area (Å²) in [6, 6.07) is 0. The molecule has 0 bridgehead atoms. The van der Waals surface area contributed by atoms with E-state index in [0.29, 0.717) is 0 Å². The first-order valence-electron chi connectivity index (χ1n) is 6.94. The zero-order chi connectivity index (χ0) is 19.1. The summed E-state index contributed by atoms with van der Waals surface area (Å²) in [4.78, 5) is 27.0. The van der Waals surface area contributed by atoms with Crippen molar-refractivity contribution in [2.24, 2.45) is 0 Å². The van der Waals surface area contributed by atoms with E-state index in [1.165, 1.54) is 32.1 Å². The molecule has 0 aromatic rings. The molecule has 140 valence electrons. The smallest absolute Gasteiger partial charge is 0.548 e. The molecular weight excluding hydrogens is 360 g/mol. The average Bonchev–Trinajstić information content (AvgIpc) is 2.53. The molecule has 0 atom stereocenters. The Morgan fingerprint density at radius 1 is 0.750 bits per heavy atom. The van der Waals surface area contributed by atoms with Gasteiger partial charge in [0.05, 0.1) is 37.7 Å². The molecule has 0 saturated heterocycles. The first kappa shape index (κ1) is 34.4. The fourth-order valence-electron chi connectivity index (χ4n) is 0.780. The van der Waals surface area contributed by atoms with Gasteiger partial charge in [-0.3, -0.25) is 0 Å². The topological polar surface area (TPSA) is 181 Å². The molecule has 9 nitrogen and oxygen atoms in total. The van der Waals surface area contributed by atoms with Gasteiger partial charge < -0.3 is 51.9 Å². The van der Waals surface area contributed by atoms with Crippen molar-refractivity contribution in [3.63, 3.8) is 0 Å². The fraction of sp³-hybridized carbons (Fsp3) is 0.714. The zero-order valence-corrected chi connectivity index (χ0v) is 15.4. The molecule has 0 unspecified atom stereocenters. The second-order valence-corrected chi connectivity index (χ2v) is 3.86. The third kappa shape index (κ3) is 84.0. The average molecular weight is 386 g/mol. The van der Waals surface area contributed by atoms with E-state index in [1.54, 1.807) is 0 Å². The van der Waals surface area contributed by atoms with Crippen molar-refractivity contribution in [3.05, 3.63) is 6.92 Å². The molecule has 0 radical (unpaired) electrons. The molecule has 0 aliphatic carbocycles. The minimum atomic E-state index is -1.44. The van der Waals surface area contributed by atoms with Crippen LogP contribution < -0.4 is 15.3 Å². The van der Waals surface area contributed by atoms with Crippen molar-refractivity contribution in [1.82, 2.24) is 0 Å². The number of hydrogen-bond donors (Lipinski definition) is 3. The fourth-order valence-corrected chi connectivity index (χ4v) is 0.780. The Kier molecular flexibility index (Phi) is 48.1. The summed E-state index contributed by atoms with van der Waals surface area (Å²) in [5, 5.41) is 49.5. The summed E-state index contributed by atoms with van der Waals surface area (Å²) >= 11 is 0. The van der Waals surface area contributed by atoms with Crippen molar-refractivity contribution < 1.29 is 66.7 Å². The van der Waals surface area contributed by atoms with Gasteiger partial charge in [-0.2, -0.15) is 6.42 Å². The second-order valence-electron chi connectivity index (χ2n) is 3.86. The predicted octanol–water partition coefficient (Wildman–Crippen LogP) is -3.64. The number of rotatable bonds is 8. The molecule has 0 aliphatic rings. The van der Waals surface area contributed by atoms with Crippen molar-refractivity contribution in [2.75, 3.05) is 19.8 Å². The van der Waals surface area contributed by atoms with E-state index >= 15 is 0 Å². The molecule has 0 amide bonds. The largest absolute Gasteiger partial charge is 4.00 e. The van der Waals surface area contributed by atoms with Gasteiger partial charge in [0, 0.05) is 0 Å². The molecule has 10 heteroatoms. The summed E-state index contributed by atoms with van der Waals surface area (Å²) < 4.78 is 0. The third-order valence-electron chi connectivity index (χ3n) is 1.74. The van der Waals surface area contributed by atoms with E-state index in [-0.39, 0.29) is 21.7 Å². The maximum atomic E-state index is 9.01. The van der Waals surface area contributed by atoms with E-state index in [2.05, 4.69) is 13.8 Å². The predicted molar refractivity (Wildman–Crippen MR) is 75.0 cm³/mol. The van der Waals surface area contributed by atoms with Crippen LogP contribution in [-0.2, 0) is 36.1 Å². The molecule has 0 saturated carbocycles. The monoisotopic (exact) mass is 386 g/mol.